The van der Waals surface area contributed by atoms with Crippen molar-refractivity contribution in [1.82, 2.24) is 14.9 Å². The molecule has 0 aliphatic carbocycles. The fraction of sp³-hybridized carbons (Fsp3) is 0.476. The Morgan fingerprint density at radius 3 is 2.46 bits per heavy atom. The summed E-state index contributed by atoms with van der Waals surface area (Å²) in [5.74, 6) is -1.56. The molecule has 3 rings (SSSR count). The van der Waals surface area contributed by atoms with Crippen molar-refractivity contribution in [2.24, 2.45) is 0 Å². The van der Waals surface area contributed by atoms with Gasteiger partial charge in [-0.05, 0) is 39.0 Å². The first-order valence-electron chi connectivity index (χ1n) is 10.6. The molecule has 2 heterocycles. The van der Waals surface area contributed by atoms with Gasteiger partial charge in [0, 0.05) is 32.2 Å². The van der Waals surface area contributed by atoms with E-state index in [-0.39, 0.29) is 22.3 Å². The Kier molecular flexibility index (Phi) is 7.43. The van der Waals surface area contributed by atoms with Crippen LogP contribution in [0.1, 0.15) is 33.6 Å². The molecule has 0 unspecified atom stereocenters. The molecule has 2 aromatic rings. The molecular weight excluding hydrogens is 485 g/mol. The number of hydrogen-bond acceptors (Lipinski definition) is 10. The normalized spacial score (nSPS) is 14.9. The van der Waals surface area contributed by atoms with E-state index in [0.717, 1.165) is 24.7 Å². The van der Waals surface area contributed by atoms with Crippen LogP contribution in [0.4, 0.5) is 26.4 Å². The zero-order valence-corrected chi connectivity index (χ0v) is 20.5. The van der Waals surface area contributed by atoms with Gasteiger partial charge in [-0.15, -0.1) is 0 Å². The monoisotopic (exact) mass is 511 g/mol. The molecule has 1 aromatic carbocycles. The van der Waals surface area contributed by atoms with Crippen LogP contribution in [-0.2, 0) is 14.6 Å². The third-order valence-electron chi connectivity index (χ3n) is 4.97. The predicted molar refractivity (Wildman–Crippen MR) is 123 cm³/mol. The minimum Gasteiger partial charge on any atom is -0.469 e. The molecule has 0 radical (unpaired) electrons. The Morgan fingerprint density at radius 1 is 1.26 bits per heavy atom. The molecule has 190 valence electrons. The van der Waals surface area contributed by atoms with E-state index < -0.39 is 44.1 Å². The van der Waals surface area contributed by atoms with Gasteiger partial charge in [-0.3, -0.25) is 10.1 Å². The molecule has 0 atom stereocenters. The Hall–Kier alpha value is -3.55. The Bertz CT molecular complexity index is 1230. The minimum absolute atomic E-state index is 0.212. The second kappa shape index (κ2) is 9.98. The summed E-state index contributed by atoms with van der Waals surface area (Å²) in [5, 5.41) is 14.3. The van der Waals surface area contributed by atoms with E-state index in [1.807, 2.05) is 0 Å². The summed E-state index contributed by atoms with van der Waals surface area (Å²) >= 11 is 0. The van der Waals surface area contributed by atoms with Gasteiger partial charge in [0.2, 0.25) is 5.82 Å². The average molecular weight is 512 g/mol. The summed E-state index contributed by atoms with van der Waals surface area (Å²) in [6.07, 6.45) is 1.85. The van der Waals surface area contributed by atoms with Crippen molar-refractivity contribution in [3.05, 3.63) is 40.5 Å². The standard InChI is InChI=1S/C21H26FN5O7S/c1-21(2,3)34-20(28)26-9-7-13(8-10-26)33-19-17(27(29)30)18(23-12-24-19)25-16-6-5-14(11-15(16)22)35(4,31)32/h5-6,11-13H,7-10H2,1-4H3,(H,23,24,25). The first-order chi connectivity index (χ1) is 16.2. The maximum Gasteiger partial charge on any atom is 0.410 e. The molecule has 1 fully saturated rings. The number of sulfone groups is 1. The number of likely N-dealkylation sites (tertiary alicyclic amines) is 1. The van der Waals surface area contributed by atoms with Crippen LogP contribution in [0.3, 0.4) is 0 Å². The van der Waals surface area contributed by atoms with Gasteiger partial charge in [0.05, 0.1) is 15.5 Å². The fourth-order valence-electron chi connectivity index (χ4n) is 3.30. The highest BCUT2D eigenvalue weighted by Gasteiger charge is 2.31. The lowest BCUT2D eigenvalue weighted by molar-refractivity contribution is -0.385. The molecule has 35 heavy (non-hydrogen) atoms. The number of carbonyl (C=O) groups is 1. The molecule has 0 bridgehead atoms. The average Bonchev–Trinajstić information content (AvgIpc) is 2.73. The van der Waals surface area contributed by atoms with E-state index in [9.17, 15) is 27.7 Å². The number of ether oxygens (including phenoxy) is 2. The van der Waals surface area contributed by atoms with Crippen LogP contribution in [0.2, 0.25) is 0 Å². The largest absolute Gasteiger partial charge is 0.469 e. The summed E-state index contributed by atoms with van der Waals surface area (Å²) in [4.78, 5) is 32.3. The van der Waals surface area contributed by atoms with Gasteiger partial charge in [0.25, 0.3) is 5.88 Å². The first-order valence-corrected chi connectivity index (χ1v) is 12.5. The molecule has 1 aromatic heterocycles. The third-order valence-corrected chi connectivity index (χ3v) is 6.08. The van der Waals surface area contributed by atoms with E-state index in [2.05, 4.69) is 15.3 Å². The molecule has 12 nitrogen and oxygen atoms in total. The van der Waals surface area contributed by atoms with E-state index in [1.54, 1.807) is 20.8 Å². The molecule has 1 amide bonds. The number of nitrogens with zero attached hydrogens (tertiary/aromatic N) is 4. The molecular formula is C21H26FN5O7S. The summed E-state index contributed by atoms with van der Waals surface area (Å²) in [6, 6.07) is 3.12. The zero-order chi connectivity index (χ0) is 26.0. The lowest BCUT2D eigenvalue weighted by Crippen LogP contribution is -2.44. The second-order valence-electron chi connectivity index (χ2n) is 8.96. The summed E-state index contributed by atoms with van der Waals surface area (Å²) < 4.78 is 48.8. The lowest BCUT2D eigenvalue weighted by atomic mass is 10.1. The van der Waals surface area contributed by atoms with Crippen LogP contribution < -0.4 is 10.1 Å². The number of nitrogens with one attached hydrogen (secondary N) is 1. The summed E-state index contributed by atoms with van der Waals surface area (Å²) in [6.45, 7) is 5.98. The summed E-state index contributed by atoms with van der Waals surface area (Å²) in [5.41, 5.74) is -1.44. The molecule has 1 saturated heterocycles. The first kappa shape index (κ1) is 26.1. The van der Waals surface area contributed by atoms with Crippen molar-refractivity contribution in [2.75, 3.05) is 24.7 Å². The van der Waals surface area contributed by atoms with Gasteiger partial charge in [0.15, 0.2) is 9.84 Å². The number of rotatable bonds is 6. The highest BCUT2D eigenvalue weighted by molar-refractivity contribution is 7.90. The fourth-order valence-corrected chi connectivity index (χ4v) is 3.93. The number of benzene rings is 1. The van der Waals surface area contributed by atoms with Gasteiger partial charge in [-0.2, -0.15) is 4.98 Å². The number of hydrogen-bond donors (Lipinski definition) is 1. The van der Waals surface area contributed by atoms with Crippen LogP contribution in [-0.4, -0.2) is 65.4 Å². The molecule has 0 saturated carbocycles. The highest BCUT2D eigenvalue weighted by atomic mass is 32.2. The number of aromatic nitrogens is 2. The van der Waals surface area contributed by atoms with Gasteiger partial charge < -0.3 is 19.7 Å². The van der Waals surface area contributed by atoms with Crippen molar-refractivity contribution in [2.45, 2.75) is 50.2 Å². The van der Waals surface area contributed by atoms with E-state index in [0.29, 0.717) is 25.9 Å². The Balaban J connectivity index is 1.75. The highest BCUT2D eigenvalue weighted by Crippen LogP contribution is 2.35. The SMILES string of the molecule is CC(C)(C)OC(=O)N1CCC(Oc2ncnc(Nc3ccc(S(C)(=O)=O)cc3F)c2[N+](=O)[O-])CC1. The number of piperidine rings is 1. The number of nitro groups is 1. The van der Waals surface area contributed by atoms with Gasteiger partial charge >= 0.3 is 11.8 Å². The van der Waals surface area contributed by atoms with Gasteiger partial charge in [-0.25, -0.2) is 22.6 Å². The number of carbonyl (C=O) groups excluding carboxylic acids is 1. The van der Waals surface area contributed by atoms with Crippen molar-refractivity contribution in [1.29, 1.82) is 0 Å². The molecule has 0 spiro atoms. The smallest absolute Gasteiger partial charge is 0.410 e. The van der Waals surface area contributed by atoms with Crippen LogP contribution in [0.5, 0.6) is 5.88 Å². The van der Waals surface area contributed by atoms with Crippen molar-refractivity contribution >= 4 is 33.1 Å². The van der Waals surface area contributed by atoms with E-state index in [1.165, 1.54) is 11.0 Å². The topological polar surface area (TPSA) is 154 Å². The van der Waals surface area contributed by atoms with Crippen molar-refractivity contribution in [3.63, 3.8) is 0 Å². The molecule has 1 aliphatic heterocycles. The molecule has 1 aliphatic rings. The minimum atomic E-state index is -3.63. The van der Waals surface area contributed by atoms with Crippen LogP contribution in [0, 0.1) is 15.9 Å². The number of halogens is 1. The molecule has 1 N–H and O–H groups in total. The zero-order valence-electron chi connectivity index (χ0n) is 19.6. The number of anilines is 2. The maximum absolute atomic E-state index is 14.5. The van der Waals surface area contributed by atoms with Gasteiger partial charge in [-0.1, -0.05) is 0 Å². The quantitative estimate of drug-likeness (QED) is 0.450. The maximum atomic E-state index is 14.5. The van der Waals surface area contributed by atoms with Crippen LogP contribution in [0.15, 0.2) is 29.4 Å². The lowest BCUT2D eigenvalue weighted by Gasteiger charge is -2.33. The van der Waals surface area contributed by atoms with Crippen LogP contribution in [0.25, 0.3) is 0 Å². The van der Waals surface area contributed by atoms with Gasteiger partial charge in [0.1, 0.15) is 23.8 Å². The number of amides is 1. The second-order valence-corrected chi connectivity index (χ2v) is 11.0. The van der Waals surface area contributed by atoms with Crippen LogP contribution >= 0.6 is 0 Å². The van der Waals surface area contributed by atoms with E-state index in [4.69, 9.17) is 9.47 Å². The van der Waals surface area contributed by atoms with Crippen molar-refractivity contribution in [3.8, 4) is 5.88 Å². The predicted octanol–water partition coefficient (Wildman–Crippen LogP) is 3.45. The molecule has 14 heteroatoms. The Labute approximate surface area is 201 Å². The Morgan fingerprint density at radius 2 is 1.91 bits per heavy atom. The summed E-state index contributed by atoms with van der Waals surface area (Å²) in [7, 11) is -3.63. The van der Waals surface area contributed by atoms with E-state index >= 15 is 0 Å². The third kappa shape index (κ3) is 6.74. The van der Waals surface area contributed by atoms with Crippen molar-refractivity contribution < 1.29 is 32.0 Å².